The Bertz CT molecular complexity index is 490. The number of methoxy groups -OCH3 is 1. The van der Waals surface area contributed by atoms with Crippen molar-refractivity contribution in [3.63, 3.8) is 0 Å². The van der Waals surface area contributed by atoms with Crippen molar-refractivity contribution < 1.29 is 14.3 Å². The number of hydrogen-bond donors (Lipinski definition) is 0. The fraction of sp³-hybridized carbons (Fsp3) is 0.636. The zero-order valence-electron chi connectivity index (χ0n) is 16.0. The Balaban J connectivity index is 2.11. The fourth-order valence-corrected chi connectivity index (χ4v) is 2.98. The maximum atomic E-state index is 11.9. The van der Waals surface area contributed by atoms with Crippen LogP contribution >= 0.6 is 0 Å². The number of esters is 1. The molecular formula is C22H34O3. The van der Waals surface area contributed by atoms with Gasteiger partial charge in [-0.3, -0.25) is 9.59 Å². The number of ketones is 1. The number of benzene rings is 1. The first-order valence-corrected chi connectivity index (χ1v) is 9.86. The summed E-state index contributed by atoms with van der Waals surface area (Å²) in [5.74, 6) is -0.670. The molecule has 0 aliphatic heterocycles. The Morgan fingerprint density at radius 1 is 0.800 bits per heavy atom. The minimum absolute atomic E-state index is 0.183. The molecule has 25 heavy (non-hydrogen) atoms. The molecule has 0 fully saturated rings. The summed E-state index contributed by atoms with van der Waals surface area (Å²) in [6, 6.07) is 7.63. The molecule has 0 aliphatic rings. The van der Waals surface area contributed by atoms with Gasteiger partial charge in [-0.25, -0.2) is 0 Å². The number of carbonyl (C=O) groups excluding carboxylic acids is 2. The van der Waals surface area contributed by atoms with E-state index in [2.05, 4.69) is 11.7 Å². The lowest BCUT2D eigenvalue weighted by molar-refractivity contribution is -0.139. The Labute approximate surface area is 153 Å². The van der Waals surface area contributed by atoms with Crippen molar-refractivity contribution in [3.05, 3.63) is 35.4 Å². The first kappa shape index (κ1) is 21.4. The molecule has 1 rings (SSSR count). The highest BCUT2D eigenvalue weighted by Gasteiger charge is 2.11. The van der Waals surface area contributed by atoms with Gasteiger partial charge >= 0.3 is 5.97 Å². The second-order valence-corrected chi connectivity index (χ2v) is 6.80. The average molecular weight is 347 g/mol. The Kier molecular flexibility index (Phi) is 11.7. The van der Waals surface area contributed by atoms with Crippen LogP contribution in [0.1, 0.15) is 93.5 Å². The van der Waals surface area contributed by atoms with Crippen molar-refractivity contribution in [1.29, 1.82) is 0 Å². The number of unbranched alkanes of at least 4 members (excludes halogenated alkanes) is 9. The summed E-state index contributed by atoms with van der Waals surface area (Å²) in [5, 5.41) is 0. The first-order chi connectivity index (χ1) is 12.2. The predicted molar refractivity (Wildman–Crippen MR) is 103 cm³/mol. The van der Waals surface area contributed by atoms with E-state index >= 15 is 0 Å². The van der Waals surface area contributed by atoms with Crippen molar-refractivity contribution in [2.45, 2.75) is 84.0 Å². The van der Waals surface area contributed by atoms with Gasteiger partial charge < -0.3 is 4.74 Å². The van der Waals surface area contributed by atoms with Crippen LogP contribution in [0.4, 0.5) is 0 Å². The molecular weight excluding hydrogens is 312 g/mol. The molecule has 0 amide bonds. The summed E-state index contributed by atoms with van der Waals surface area (Å²) in [6.45, 7) is 2.26. The summed E-state index contributed by atoms with van der Waals surface area (Å²) < 4.78 is 4.52. The molecule has 0 atom stereocenters. The van der Waals surface area contributed by atoms with Crippen LogP contribution in [-0.2, 0) is 16.0 Å². The summed E-state index contributed by atoms with van der Waals surface area (Å²) in [7, 11) is 1.30. The molecule has 0 radical (unpaired) electrons. The highest BCUT2D eigenvalue weighted by atomic mass is 16.5. The van der Waals surface area contributed by atoms with Crippen molar-refractivity contribution >= 4 is 11.8 Å². The Hall–Kier alpha value is -1.64. The van der Waals surface area contributed by atoms with Crippen LogP contribution in [-0.4, -0.2) is 18.9 Å². The molecule has 0 heterocycles. The summed E-state index contributed by atoms with van der Waals surface area (Å²) in [5.41, 5.74) is 1.84. The van der Waals surface area contributed by atoms with E-state index in [4.69, 9.17) is 0 Å². The third kappa shape index (κ3) is 10.1. The van der Waals surface area contributed by atoms with E-state index in [9.17, 15) is 9.59 Å². The minimum Gasteiger partial charge on any atom is -0.469 e. The van der Waals surface area contributed by atoms with E-state index in [1.165, 1.54) is 76.9 Å². The van der Waals surface area contributed by atoms with Crippen molar-refractivity contribution in [1.82, 2.24) is 0 Å². The molecule has 0 saturated heterocycles. The van der Waals surface area contributed by atoms with E-state index in [1.54, 1.807) is 0 Å². The number of ether oxygens (including phenoxy) is 1. The number of aryl methyl sites for hydroxylation is 1. The smallest absolute Gasteiger partial charge is 0.313 e. The summed E-state index contributed by atoms with van der Waals surface area (Å²) >= 11 is 0. The van der Waals surface area contributed by atoms with Gasteiger partial charge in [-0.1, -0.05) is 89.0 Å². The van der Waals surface area contributed by atoms with Crippen LogP contribution in [0.25, 0.3) is 0 Å². The molecule has 0 unspecified atom stereocenters. The van der Waals surface area contributed by atoms with E-state index in [1.807, 2.05) is 24.3 Å². The van der Waals surface area contributed by atoms with Crippen molar-refractivity contribution in [2.75, 3.05) is 7.11 Å². The Morgan fingerprint density at radius 2 is 1.32 bits per heavy atom. The molecule has 0 aliphatic carbocycles. The highest BCUT2D eigenvalue weighted by Crippen LogP contribution is 2.13. The Morgan fingerprint density at radius 3 is 1.84 bits per heavy atom. The number of carbonyl (C=O) groups is 2. The van der Waals surface area contributed by atoms with Crippen molar-refractivity contribution in [2.24, 2.45) is 0 Å². The minimum atomic E-state index is -0.487. The summed E-state index contributed by atoms with van der Waals surface area (Å²) in [4.78, 5) is 23.0. The maximum absolute atomic E-state index is 11.9. The first-order valence-electron chi connectivity index (χ1n) is 9.86. The monoisotopic (exact) mass is 346 g/mol. The maximum Gasteiger partial charge on any atom is 0.313 e. The third-order valence-corrected chi connectivity index (χ3v) is 4.63. The van der Waals surface area contributed by atoms with Crippen LogP contribution in [0.15, 0.2) is 24.3 Å². The van der Waals surface area contributed by atoms with E-state index in [0.717, 1.165) is 6.42 Å². The average Bonchev–Trinajstić information content (AvgIpc) is 2.63. The molecule has 3 heteroatoms. The van der Waals surface area contributed by atoms with Crippen LogP contribution in [0.5, 0.6) is 0 Å². The zero-order valence-corrected chi connectivity index (χ0v) is 16.0. The largest absolute Gasteiger partial charge is 0.469 e. The van der Waals surface area contributed by atoms with Gasteiger partial charge in [0.2, 0.25) is 0 Å². The standard InChI is InChI=1S/C22H34O3/c1-3-4-5-6-7-8-9-10-11-12-13-19-14-16-20(17-15-19)21(23)18-22(24)25-2/h14-17H,3-13,18H2,1-2H3. The van der Waals surface area contributed by atoms with Crippen LogP contribution in [0.2, 0.25) is 0 Å². The molecule has 0 spiro atoms. The van der Waals surface area contributed by atoms with Crippen LogP contribution in [0.3, 0.4) is 0 Å². The van der Waals surface area contributed by atoms with Gasteiger partial charge in [-0.2, -0.15) is 0 Å². The molecule has 140 valence electrons. The molecule has 1 aromatic carbocycles. The lowest BCUT2D eigenvalue weighted by Gasteiger charge is -2.05. The fourth-order valence-electron chi connectivity index (χ4n) is 2.98. The topological polar surface area (TPSA) is 43.4 Å². The lowest BCUT2D eigenvalue weighted by atomic mass is 10.0. The number of Topliss-reactive ketones (excluding diaryl/α,β-unsaturated/α-hetero) is 1. The van der Waals surface area contributed by atoms with Gasteiger partial charge in [0.15, 0.2) is 5.78 Å². The quantitative estimate of drug-likeness (QED) is 0.182. The normalized spacial score (nSPS) is 10.6. The van der Waals surface area contributed by atoms with E-state index < -0.39 is 5.97 Å². The van der Waals surface area contributed by atoms with E-state index in [0.29, 0.717) is 5.56 Å². The van der Waals surface area contributed by atoms with Gasteiger partial charge in [-0.05, 0) is 18.4 Å². The van der Waals surface area contributed by atoms with E-state index in [-0.39, 0.29) is 12.2 Å². The van der Waals surface area contributed by atoms with Gasteiger partial charge in [0.1, 0.15) is 6.42 Å². The molecule has 0 aromatic heterocycles. The molecule has 1 aromatic rings. The summed E-state index contributed by atoms with van der Waals surface area (Å²) in [6.07, 6.45) is 14.3. The second kappa shape index (κ2) is 13.6. The third-order valence-electron chi connectivity index (χ3n) is 4.63. The second-order valence-electron chi connectivity index (χ2n) is 6.80. The molecule has 0 N–H and O–H groups in total. The van der Waals surface area contributed by atoms with Crippen molar-refractivity contribution in [3.8, 4) is 0 Å². The molecule has 3 nitrogen and oxygen atoms in total. The van der Waals surface area contributed by atoms with Gasteiger partial charge in [0, 0.05) is 5.56 Å². The van der Waals surface area contributed by atoms with Crippen LogP contribution < -0.4 is 0 Å². The van der Waals surface area contributed by atoms with Gasteiger partial charge in [0.25, 0.3) is 0 Å². The SMILES string of the molecule is CCCCCCCCCCCCc1ccc(C(=O)CC(=O)OC)cc1. The highest BCUT2D eigenvalue weighted by molar-refractivity contribution is 6.05. The van der Waals surface area contributed by atoms with Crippen LogP contribution in [0, 0.1) is 0 Å². The molecule has 0 bridgehead atoms. The van der Waals surface area contributed by atoms with Gasteiger partial charge in [-0.15, -0.1) is 0 Å². The number of rotatable bonds is 14. The zero-order chi connectivity index (χ0) is 18.3. The number of hydrogen-bond acceptors (Lipinski definition) is 3. The van der Waals surface area contributed by atoms with Gasteiger partial charge in [0.05, 0.1) is 7.11 Å². The predicted octanol–water partition coefficient (Wildman–Crippen LogP) is 5.90. The molecule has 0 saturated carbocycles. The lowest BCUT2D eigenvalue weighted by Crippen LogP contribution is -2.09.